The average Bonchev–Trinajstić information content (AvgIpc) is 2.58. The van der Waals surface area contributed by atoms with Crippen LogP contribution in [0.25, 0.3) is 0 Å². The maximum absolute atomic E-state index is 10.2. The van der Waals surface area contributed by atoms with Crippen molar-refractivity contribution in [1.29, 1.82) is 0 Å². The van der Waals surface area contributed by atoms with Gasteiger partial charge >= 0.3 is 0 Å². The predicted octanol–water partition coefficient (Wildman–Crippen LogP) is 8.30. The van der Waals surface area contributed by atoms with Crippen LogP contribution in [0.2, 0.25) is 0 Å². The average molecular weight is 363 g/mol. The summed E-state index contributed by atoms with van der Waals surface area (Å²) in [4.78, 5) is 0. The van der Waals surface area contributed by atoms with E-state index in [4.69, 9.17) is 0 Å². The van der Waals surface area contributed by atoms with E-state index in [1.165, 1.54) is 80.9 Å². The maximum atomic E-state index is 10.2. The SMILES string of the molecule is C=C(CC(C)=C(C)C)CC(O)CCCCCCCCC/C=C/CCCC. The van der Waals surface area contributed by atoms with E-state index >= 15 is 0 Å². The molecule has 0 amide bonds. The van der Waals surface area contributed by atoms with Gasteiger partial charge in [0.1, 0.15) is 0 Å². The monoisotopic (exact) mass is 362 g/mol. The molecule has 0 heterocycles. The van der Waals surface area contributed by atoms with Gasteiger partial charge in [-0.3, -0.25) is 0 Å². The van der Waals surface area contributed by atoms with Gasteiger partial charge < -0.3 is 5.11 Å². The van der Waals surface area contributed by atoms with Crippen LogP contribution in [0.5, 0.6) is 0 Å². The Labute approximate surface area is 164 Å². The van der Waals surface area contributed by atoms with Crippen LogP contribution in [-0.2, 0) is 0 Å². The largest absolute Gasteiger partial charge is 0.393 e. The molecule has 0 aromatic heterocycles. The van der Waals surface area contributed by atoms with Crippen molar-refractivity contribution in [2.24, 2.45) is 0 Å². The summed E-state index contributed by atoms with van der Waals surface area (Å²) >= 11 is 0. The lowest BCUT2D eigenvalue weighted by molar-refractivity contribution is 0.160. The van der Waals surface area contributed by atoms with Crippen LogP contribution in [0, 0.1) is 0 Å². The van der Waals surface area contributed by atoms with E-state index in [9.17, 15) is 5.11 Å². The molecule has 1 unspecified atom stereocenters. The van der Waals surface area contributed by atoms with Crippen LogP contribution in [-0.4, -0.2) is 11.2 Å². The van der Waals surface area contributed by atoms with Gasteiger partial charge in [-0.05, 0) is 59.3 Å². The van der Waals surface area contributed by atoms with Crippen molar-refractivity contribution in [3.8, 4) is 0 Å². The number of allylic oxidation sites excluding steroid dienone is 4. The van der Waals surface area contributed by atoms with Gasteiger partial charge in [-0.2, -0.15) is 0 Å². The van der Waals surface area contributed by atoms with Crippen LogP contribution in [0.15, 0.2) is 35.5 Å². The van der Waals surface area contributed by atoms with Crippen LogP contribution < -0.4 is 0 Å². The van der Waals surface area contributed by atoms with Gasteiger partial charge in [0.25, 0.3) is 0 Å². The summed E-state index contributed by atoms with van der Waals surface area (Å²) in [6.07, 6.45) is 21.4. The second-order valence-corrected chi connectivity index (χ2v) is 8.23. The first kappa shape index (κ1) is 25.2. The molecular weight excluding hydrogens is 316 g/mol. The fourth-order valence-corrected chi connectivity index (χ4v) is 3.14. The fourth-order valence-electron chi connectivity index (χ4n) is 3.14. The number of aliphatic hydroxyl groups is 1. The molecular formula is C25H46O. The molecule has 1 atom stereocenters. The molecule has 0 rings (SSSR count). The zero-order valence-electron chi connectivity index (χ0n) is 18.3. The van der Waals surface area contributed by atoms with E-state index in [0.29, 0.717) is 0 Å². The molecule has 0 saturated carbocycles. The topological polar surface area (TPSA) is 20.2 Å². The summed E-state index contributed by atoms with van der Waals surface area (Å²) in [5.74, 6) is 0. The van der Waals surface area contributed by atoms with Crippen molar-refractivity contribution in [2.45, 2.75) is 124 Å². The van der Waals surface area contributed by atoms with Crippen molar-refractivity contribution in [1.82, 2.24) is 0 Å². The smallest absolute Gasteiger partial charge is 0.0577 e. The molecule has 0 aromatic rings. The van der Waals surface area contributed by atoms with E-state index < -0.39 is 0 Å². The lowest BCUT2D eigenvalue weighted by Gasteiger charge is -2.13. The summed E-state index contributed by atoms with van der Waals surface area (Å²) in [6.45, 7) is 12.8. The minimum Gasteiger partial charge on any atom is -0.393 e. The van der Waals surface area contributed by atoms with E-state index in [1.807, 2.05) is 0 Å². The van der Waals surface area contributed by atoms with Crippen molar-refractivity contribution in [3.63, 3.8) is 0 Å². The van der Waals surface area contributed by atoms with Gasteiger partial charge in [0.2, 0.25) is 0 Å². The quantitative estimate of drug-likeness (QED) is 0.204. The van der Waals surface area contributed by atoms with Crippen LogP contribution >= 0.6 is 0 Å². The second kappa shape index (κ2) is 17.6. The Morgan fingerprint density at radius 2 is 1.38 bits per heavy atom. The number of aliphatic hydroxyl groups excluding tert-OH is 1. The molecule has 0 bridgehead atoms. The standard InChI is InChI=1S/C25H46O/c1-6-7-8-9-10-11-12-13-14-15-16-17-18-19-25(26)21-23(4)20-24(5)22(2)3/h9-10,25-26H,4,6-8,11-21H2,1-3,5H3/b10-9+. The second-order valence-electron chi connectivity index (χ2n) is 8.23. The normalized spacial score (nSPS) is 12.5. The van der Waals surface area contributed by atoms with E-state index in [1.54, 1.807) is 0 Å². The number of rotatable bonds is 17. The third-order valence-corrected chi connectivity index (χ3v) is 5.19. The third kappa shape index (κ3) is 16.6. The van der Waals surface area contributed by atoms with Crippen LogP contribution in [0.3, 0.4) is 0 Å². The first-order valence-corrected chi connectivity index (χ1v) is 11.1. The van der Waals surface area contributed by atoms with Crippen molar-refractivity contribution in [2.75, 3.05) is 0 Å². The Balaban J connectivity index is 3.45. The fraction of sp³-hybridized carbons (Fsp3) is 0.760. The molecule has 1 nitrogen and oxygen atoms in total. The minimum absolute atomic E-state index is 0.202. The first-order valence-electron chi connectivity index (χ1n) is 11.1. The zero-order valence-corrected chi connectivity index (χ0v) is 18.3. The van der Waals surface area contributed by atoms with Gasteiger partial charge in [-0.15, -0.1) is 0 Å². The van der Waals surface area contributed by atoms with Crippen LogP contribution in [0.4, 0.5) is 0 Å². The van der Waals surface area contributed by atoms with Crippen molar-refractivity contribution < 1.29 is 5.11 Å². The Bertz CT molecular complexity index is 398. The van der Waals surface area contributed by atoms with Gasteiger partial charge in [0.05, 0.1) is 6.10 Å². The van der Waals surface area contributed by atoms with E-state index in [-0.39, 0.29) is 6.10 Å². The Kier molecular flexibility index (Phi) is 17.0. The number of hydrogen-bond acceptors (Lipinski definition) is 1. The maximum Gasteiger partial charge on any atom is 0.0577 e. The molecule has 0 saturated heterocycles. The van der Waals surface area contributed by atoms with E-state index in [2.05, 4.69) is 46.4 Å². The highest BCUT2D eigenvalue weighted by atomic mass is 16.3. The Morgan fingerprint density at radius 3 is 1.96 bits per heavy atom. The molecule has 0 fully saturated rings. The predicted molar refractivity (Wildman–Crippen MR) is 119 cm³/mol. The van der Waals surface area contributed by atoms with Gasteiger partial charge in [-0.25, -0.2) is 0 Å². The summed E-state index contributed by atoms with van der Waals surface area (Å²) in [6, 6.07) is 0. The van der Waals surface area contributed by atoms with Crippen molar-refractivity contribution in [3.05, 3.63) is 35.5 Å². The number of hydrogen-bond donors (Lipinski definition) is 1. The molecule has 26 heavy (non-hydrogen) atoms. The minimum atomic E-state index is -0.202. The van der Waals surface area contributed by atoms with Crippen LogP contribution in [0.1, 0.15) is 118 Å². The molecule has 1 heteroatoms. The summed E-state index contributed by atoms with van der Waals surface area (Å²) < 4.78 is 0. The molecule has 0 aromatic carbocycles. The molecule has 0 aliphatic carbocycles. The molecule has 0 aliphatic rings. The van der Waals surface area contributed by atoms with E-state index in [0.717, 1.165) is 25.7 Å². The Hall–Kier alpha value is -0.820. The zero-order chi connectivity index (χ0) is 19.6. The molecule has 0 radical (unpaired) electrons. The molecule has 0 aliphatic heterocycles. The summed E-state index contributed by atoms with van der Waals surface area (Å²) in [5.41, 5.74) is 3.92. The molecule has 1 N–H and O–H groups in total. The molecule has 0 spiro atoms. The first-order chi connectivity index (χ1) is 12.5. The highest BCUT2D eigenvalue weighted by Crippen LogP contribution is 2.19. The summed E-state index contributed by atoms with van der Waals surface area (Å²) in [5, 5.41) is 10.2. The summed E-state index contributed by atoms with van der Waals surface area (Å²) in [7, 11) is 0. The highest BCUT2D eigenvalue weighted by molar-refractivity contribution is 5.15. The number of unbranched alkanes of at least 4 members (excludes halogenated alkanes) is 9. The van der Waals surface area contributed by atoms with Gasteiger partial charge in [-0.1, -0.05) is 93.7 Å². The molecule has 152 valence electrons. The van der Waals surface area contributed by atoms with Gasteiger partial charge in [0, 0.05) is 0 Å². The van der Waals surface area contributed by atoms with Gasteiger partial charge in [0.15, 0.2) is 0 Å². The van der Waals surface area contributed by atoms with Crippen molar-refractivity contribution >= 4 is 0 Å². The lowest BCUT2D eigenvalue weighted by atomic mass is 9.97. The lowest BCUT2D eigenvalue weighted by Crippen LogP contribution is -2.07. The Morgan fingerprint density at radius 1 is 0.846 bits per heavy atom. The third-order valence-electron chi connectivity index (χ3n) is 5.19. The highest BCUT2D eigenvalue weighted by Gasteiger charge is 2.07.